The van der Waals surface area contributed by atoms with Gasteiger partial charge in [-0.1, -0.05) is 34.1 Å². The van der Waals surface area contributed by atoms with Crippen molar-refractivity contribution in [1.29, 1.82) is 0 Å². The Kier molecular flexibility index (Phi) is 4.16. The summed E-state index contributed by atoms with van der Waals surface area (Å²) < 4.78 is 1.05. The summed E-state index contributed by atoms with van der Waals surface area (Å²) in [6, 6.07) is 8.13. The summed E-state index contributed by atoms with van der Waals surface area (Å²) in [6.07, 6.45) is 5.62. The van der Waals surface area contributed by atoms with E-state index < -0.39 is 0 Å². The zero-order chi connectivity index (χ0) is 16.5. The first-order chi connectivity index (χ1) is 11.7. The van der Waals surface area contributed by atoms with E-state index >= 15 is 0 Å². The molecule has 1 aliphatic heterocycles. The molecule has 1 aliphatic rings. The number of nitrogens with zero attached hydrogens (tertiary/aromatic N) is 5. The molecule has 1 fully saturated rings. The molecular weight excluding hydrogens is 366 g/mol. The van der Waals surface area contributed by atoms with E-state index in [-0.39, 0.29) is 0 Å². The fourth-order valence-corrected chi connectivity index (χ4v) is 3.44. The van der Waals surface area contributed by atoms with Gasteiger partial charge in [-0.3, -0.25) is 4.98 Å². The molecule has 1 saturated heterocycles. The SMILES string of the molecule is CN1CCN(c2ncc(-c3cccc4c(Br)ccnc34)cn2)CC1. The van der Waals surface area contributed by atoms with Crippen molar-refractivity contribution in [2.24, 2.45) is 0 Å². The second-order valence-corrected chi connectivity index (χ2v) is 6.91. The topological polar surface area (TPSA) is 45.2 Å². The molecule has 5 nitrogen and oxygen atoms in total. The Morgan fingerprint density at radius 1 is 0.958 bits per heavy atom. The molecule has 3 heterocycles. The van der Waals surface area contributed by atoms with Crippen molar-refractivity contribution >= 4 is 32.8 Å². The van der Waals surface area contributed by atoms with Crippen LogP contribution in [0.5, 0.6) is 0 Å². The van der Waals surface area contributed by atoms with E-state index in [1.807, 2.05) is 30.7 Å². The second-order valence-electron chi connectivity index (χ2n) is 6.06. The van der Waals surface area contributed by atoms with Crippen LogP contribution in [0, 0.1) is 0 Å². The van der Waals surface area contributed by atoms with Gasteiger partial charge >= 0.3 is 0 Å². The van der Waals surface area contributed by atoms with Crippen LogP contribution in [0.15, 0.2) is 47.3 Å². The Bertz CT molecular complexity index is 857. The second kappa shape index (κ2) is 6.45. The van der Waals surface area contributed by atoms with Gasteiger partial charge in [-0.15, -0.1) is 0 Å². The Labute approximate surface area is 149 Å². The molecule has 2 aromatic heterocycles. The molecular formula is C18H18BrN5. The summed E-state index contributed by atoms with van der Waals surface area (Å²) in [4.78, 5) is 18.3. The fourth-order valence-electron chi connectivity index (χ4n) is 3.01. The minimum Gasteiger partial charge on any atom is -0.338 e. The van der Waals surface area contributed by atoms with E-state index in [9.17, 15) is 0 Å². The van der Waals surface area contributed by atoms with Crippen LogP contribution in [0.3, 0.4) is 0 Å². The van der Waals surface area contributed by atoms with Gasteiger partial charge in [0.2, 0.25) is 5.95 Å². The fraction of sp³-hybridized carbons (Fsp3) is 0.278. The number of anilines is 1. The van der Waals surface area contributed by atoms with E-state index in [1.54, 1.807) is 0 Å². The van der Waals surface area contributed by atoms with Crippen LogP contribution in [0.4, 0.5) is 5.95 Å². The van der Waals surface area contributed by atoms with E-state index in [0.29, 0.717) is 0 Å². The van der Waals surface area contributed by atoms with Gasteiger partial charge < -0.3 is 9.80 Å². The lowest BCUT2D eigenvalue weighted by molar-refractivity contribution is 0.311. The third-order valence-corrected chi connectivity index (χ3v) is 5.14. The molecule has 0 N–H and O–H groups in total. The zero-order valence-electron chi connectivity index (χ0n) is 13.5. The molecule has 0 spiro atoms. The maximum absolute atomic E-state index is 4.59. The van der Waals surface area contributed by atoms with E-state index in [2.05, 4.69) is 59.9 Å². The van der Waals surface area contributed by atoms with Gasteiger partial charge in [-0.05, 0) is 13.1 Å². The van der Waals surface area contributed by atoms with Crippen LogP contribution in [0.2, 0.25) is 0 Å². The quantitative estimate of drug-likeness (QED) is 0.679. The van der Waals surface area contributed by atoms with Gasteiger partial charge in [-0.2, -0.15) is 0 Å². The summed E-state index contributed by atoms with van der Waals surface area (Å²) in [6.45, 7) is 4.04. The molecule has 0 bridgehead atoms. The maximum Gasteiger partial charge on any atom is 0.225 e. The highest BCUT2D eigenvalue weighted by Gasteiger charge is 2.16. The van der Waals surface area contributed by atoms with Crippen LogP contribution in [0.25, 0.3) is 22.0 Å². The number of hydrogen-bond acceptors (Lipinski definition) is 5. The molecule has 24 heavy (non-hydrogen) atoms. The molecule has 3 aromatic rings. The lowest BCUT2D eigenvalue weighted by Crippen LogP contribution is -2.45. The Balaban J connectivity index is 1.67. The monoisotopic (exact) mass is 383 g/mol. The molecule has 0 unspecified atom stereocenters. The number of piperazine rings is 1. The third kappa shape index (κ3) is 2.87. The molecule has 0 amide bonds. The number of fused-ring (bicyclic) bond motifs is 1. The molecule has 0 radical (unpaired) electrons. The zero-order valence-corrected chi connectivity index (χ0v) is 15.1. The predicted molar refractivity (Wildman–Crippen MR) is 100 cm³/mol. The Morgan fingerprint density at radius 2 is 1.71 bits per heavy atom. The third-order valence-electron chi connectivity index (χ3n) is 4.45. The average molecular weight is 384 g/mol. The maximum atomic E-state index is 4.59. The van der Waals surface area contributed by atoms with E-state index in [1.165, 1.54) is 0 Å². The number of rotatable bonds is 2. The summed E-state index contributed by atoms with van der Waals surface area (Å²) in [5, 5.41) is 1.10. The number of para-hydroxylation sites is 1. The number of pyridine rings is 1. The molecule has 122 valence electrons. The predicted octanol–water partition coefficient (Wildman–Crippen LogP) is 3.21. The number of aromatic nitrogens is 3. The van der Waals surface area contributed by atoms with Gasteiger partial charge in [0.1, 0.15) is 0 Å². The summed E-state index contributed by atoms with van der Waals surface area (Å²) >= 11 is 3.59. The highest BCUT2D eigenvalue weighted by molar-refractivity contribution is 9.10. The van der Waals surface area contributed by atoms with Crippen molar-refractivity contribution in [3.8, 4) is 11.1 Å². The minimum atomic E-state index is 0.807. The van der Waals surface area contributed by atoms with Crippen molar-refractivity contribution in [3.63, 3.8) is 0 Å². The van der Waals surface area contributed by atoms with E-state index in [0.717, 1.165) is 58.6 Å². The van der Waals surface area contributed by atoms with Crippen molar-refractivity contribution in [2.45, 2.75) is 0 Å². The molecule has 0 aliphatic carbocycles. The molecule has 4 rings (SSSR count). The van der Waals surface area contributed by atoms with Gasteiger partial charge in [-0.25, -0.2) is 9.97 Å². The lowest BCUT2D eigenvalue weighted by atomic mass is 10.1. The van der Waals surface area contributed by atoms with Gasteiger partial charge in [0, 0.05) is 65.8 Å². The number of halogens is 1. The van der Waals surface area contributed by atoms with Crippen molar-refractivity contribution in [3.05, 3.63) is 47.3 Å². The van der Waals surface area contributed by atoms with Gasteiger partial charge in [0.25, 0.3) is 0 Å². The number of benzene rings is 1. The van der Waals surface area contributed by atoms with Crippen molar-refractivity contribution < 1.29 is 0 Å². The highest BCUT2D eigenvalue weighted by atomic mass is 79.9. The summed E-state index contributed by atoms with van der Waals surface area (Å²) in [7, 11) is 2.15. The standard InChI is InChI=1S/C18H18BrN5/c1-23-7-9-24(10-8-23)18-21-11-13(12-22-18)14-3-2-4-15-16(19)5-6-20-17(14)15/h2-6,11-12H,7-10H2,1H3. The van der Waals surface area contributed by atoms with Crippen LogP contribution >= 0.6 is 15.9 Å². The highest BCUT2D eigenvalue weighted by Crippen LogP contribution is 2.30. The van der Waals surface area contributed by atoms with Gasteiger partial charge in [0.05, 0.1) is 5.52 Å². The van der Waals surface area contributed by atoms with Crippen LogP contribution in [-0.4, -0.2) is 53.1 Å². The first kappa shape index (κ1) is 15.5. The van der Waals surface area contributed by atoms with Gasteiger partial charge in [0.15, 0.2) is 0 Å². The Morgan fingerprint density at radius 3 is 2.46 bits per heavy atom. The largest absolute Gasteiger partial charge is 0.338 e. The molecule has 0 atom stereocenters. The van der Waals surface area contributed by atoms with Crippen molar-refractivity contribution in [2.75, 3.05) is 38.1 Å². The van der Waals surface area contributed by atoms with Crippen molar-refractivity contribution in [1.82, 2.24) is 19.9 Å². The lowest BCUT2D eigenvalue weighted by Gasteiger charge is -2.32. The minimum absolute atomic E-state index is 0.807. The Hall–Kier alpha value is -2.05. The number of likely N-dealkylation sites (N-methyl/N-ethyl adjacent to an activating group) is 1. The molecule has 6 heteroatoms. The normalized spacial score (nSPS) is 15.8. The van der Waals surface area contributed by atoms with E-state index in [4.69, 9.17) is 0 Å². The first-order valence-electron chi connectivity index (χ1n) is 8.01. The van der Waals surface area contributed by atoms with Crippen LogP contribution < -0.4 is 4.90 Å². The first-order valence-corrected chi connectivity index (χ1v) is 8.81. The smallest absolute Gasteiger partial charge is 0.225 e. The summed E-state index contributed by atoms with van der Waals surface area (Å²) in [5.74, 6) is 0.807. The van der Waals surface area contributed by atoms with Crippen LogP contribution in [0.1, 0.15) is 0 Å². The molecule has 1 aromatic carbocycles. The van der Waals surface area contributed by atoms with Crippen LogP contribution in [-0.2, 0) is 0 Å². The summed E-state index contributed by atoms with van der Waals surface area (Å²) in [5.41, 5.74) is 3.01. The number of hydrogen-bond donors (Lipinski definition) is 0. The molecule has 0 saturated carbocycles. The average Bonchev–Trinajstić information content (AvgIpc) is 2.63.